The van der Waals surface area contributed by atoms with Gasteiger partial charge in [0.1, 0.15) is 23.4 Å². The molecule has 4 atom stereocenters. The van der Waals surface area contributed by atoms with E-state index in [1.807, 2.05) is 0 Å². The van der Waals surface area contributed by atoms with Crippen molar-refractivity contribution in [2.24, 2.45) is 5.73 Å². The van der Waals surface area contributed by atoms with Crippen molar-refractivity contribution in [3.63, 3.8) is 0 Å². The van der Waals surface area contributed by atoms with E-state index in [1.165, 1.54) is 18.9 Å². The molecule has 2 saturated heterocycles. The molecule has 0 aliphatic carbocycles. The van der Waals surface area contributed by atoms with Crippen molar-refractivity contribution in [1.82, 2.24) is 15.1 Å². The maximum atomic E-state index is 13.7. The number of hydrogen-bond acceptors (Lipinski definition) is 6. The second-order valence-corrected chi connectivity index (χ2v) is 8.88. The summed E-state index contributed by atoms with van der Waals surface area (Å²) in [5.74, 6) is -1.38. The van der Waals surface area contributed by atoms with Gasteiger partial charge in [0.15, 0.2) is 0 Å². The average molecular weight is 477 g/mol. The number of carboxylic acid groups (broad SMARTS) is 1. The van der Waals surface area contributed by atoms with Gasteiger partial charge in [0.05, 0.1) is 13.2 Å². The number of primary amides is 1. The van der Waals surface area contributed by atoms with Crippen LogP contribution in [0, 0.1) is 0 Å². The molecule has 34 heavy (non-hydrogen) atoms. The molecule has 0 aromatic heterocycles. The van der Waals surface area contributed by atoms with E-state index in [0.717, 1.165) is 10.5 Å². The zero-order valence-corrected chi connectivity index (χ0v) is 19.4. The van der Waals surface area contributed by atoms with Crippen molar-refractivity contribution in [2.75, 3.05) is 20.2 Å². The molecule has 1 aromatic carbocycles. The number of benzene rings is 1. The largest absolute Gasteiger partial charge is 0.497 e. The number of rotatable bonds is 8. The van der Waals surface area contributed by atoms with E-state index in [9.17, 15) is 29.4 Å². The number of aliphatic hydroxyl groups is 1. The Bertz CT molecular complexity index is 953. The number of carbonyl (C=O) groups excluding carboxylic acids is 3. The molecule has 4 amide bonds. The minimum atomic E-state index is -1.39. The van der Waals surface area contributed by atoms with E-state index < -0.39 is 47.5 Å². The molecule has 2 aliphatic heterocycles. The molecule has 0 spiro atoms. The first kappa shape index (κ1) is 25.3. The average Bonchev–Trinajstić information content (AvgIpc) is 3.44. The Kier molecular flexibility index (Phi) is 7.65. The van der Waals surface area contributed by atoms with Crippen LogP contribution in [-0.4, -0.2) is 87.8 Å². The van der Waals surface area contributed by atoms with Crippen LogP contribution < -0.4 is 15.8 Å². The predicted molar refractivity (Wildman–Crippen MR) is 121 cm³/mol. The number of ether oxygens (including phenoxy) is 1. The fourth-order valence-corrected chi connectivity index (χ4v) is 4.96. The monoisotopic (exact) mass is 476 g/mol. The Morgan fingerprint density at radius 1 is 1.26 bits per heavy atom. The molecule has 2 unspecified atom stereocenters. The van der Waals surface area contributed by atoms with E-state index in [2.05, 4.69) is 5.32 Å². The normalized spacial score (nSPS) is 23.9. The fraction of sp³-hybridized carbons (Fsp3) is 0.565. The molecule has 186 valence electrons. The Labute approximate surface area is 197 Å². The highest BCUT2D eigenvalue weighted by atomic mass is 16.5. The summed E-state index contributed by atoms with van der Waals surface area (Å²) in [5.41, 5.74) is 4.72. The molecule has 11 nitrogen and oxygen atoms in total. The Hall–Kier alpha value is -3.34. The summed E-state index contributed by atoms with van der Waals surface area (Å²) in [6.45, 7) is 1.85. The van der Waals surface area contributed by atoms with Crippen LogP contribution in [0.5, 0.6) is 5.75 Å². The van der Waals surface area contributed by atoms with Crippen LogP contribution in [-0.2, 0) is 20.8 Å². The smallest absolute Gasteiger partial charge is 0.407 e. The maximum absolute atomic E-state index is 13.7. The van der Waals surface area contributed by atoms with Gasteiger partial charge in [-0.2, -0.15) is 0 Å². The number of nitrogens with two attached hydrogens (primary N) is 1. The molecule has 2 heterocycles. The first-order valence-corrected chi connectivity index (χ1v) is 11.3. The van der Waals surface area contributed by atoms with Crippen LogP contribution in [0.15, 0.2) is 24.3 Å². The molecule has 2 aliphatic rings. The highest BCUT2D eigenvalue weighted by molar-refractivity contribution is 5.97. The Balaban J connectivity index is 2.00. The lowest BCUT2D eigenvalue weighted by molar-refractivity contribution is -0.149. The van der Waals surface area contributed by atoms with Crippen LogP contribution in [0.1, 0.15) is 38.2 Å². The number of aliphatic hydroxyl groups excluding tert-OH is 1. The lowest BCUT2D eigenvalue weighted by atomic mass is 9.86. The topological polar surface area (TPSA) is 162 Å². The first-order chi connectivity index (χ1) is 16.1. The van der Waals surface area contributed by atoms with Gasteiger partial charge in [-0.3, -0.25) is 19.3 Å². The molecular formula is C23H32N4O7. The molecule has 5 N–H and O–H groups in total. The highest BCUT2D eigenvalue weighted by Gasteiger charge is 2.53. The van der Waals surface area contributed by atoms with Gasteiger partial charge in [0, 0.05) is 19.5 Å². The lowest BCUT2D eigenvalue weighted by Gasteiger charge is -2.40. The number of carbonyl (C=O) groups is 4. The third kappa shape index (κ3) is 4.93. The molecule has 11 heteroatoms. The van der Waals surface area contributed by atoms with E-state index in [4.69, 9.17) is 10.5 Å². The minimum absolute atomic E-state index is 0.118. The van der Waals surface area contributed by atoms with E-state index >= 15 is 0 Å². The Morgan fingerprint density at radius 2 is 2.00 bits per heavy atom. The second-order valence-electron chi connectivity index (χ2n) is 8.88. The van der Waals surface area contributed by atoms with Crippen LogP contribution >= 0.6 is 0 Å². The van der Waals surface area contributed by atoms with Crippen LogP contribution in [0.3, 0.4) is 0 Å². The Morgan fingerprint density at radius 3 is 2.62 bits per heavy atom. The van der Waals surface area contributed by atoms with Gasteiger partial charge < -0.3 is 30.9 Å². The number of nitrogens with zero attached hydrogens (tertiary/aromatic N) is 2. The van der Waals surface area contributed by atoms with Gasteiger partial charge >= 0.3 is 6.09 Å². The van der Waals surface area contributed by atoms with Gasteiger partial charge in [0.2, 0.25) is 17.7 Å². The summed E-state index contributed by atoms with van der Waals surface area (Å²) in [6.07, 6.45) is -0.564. The third-order valence-electron chi connectivity index (χ3n) is 6.67. The van der Waals surface area contributed by atoms with E-state index in [-0.39, 0.29) is 19.5 Å². The standard InChI is InChI=1S/C23H32N4O7/c1-14(28)18(19(24)29)25-21(31)23(13-15-6-3-7-16(12-15)34-2)9-5-11-27(23)20(30)17-8-4-10-26(17)22(32)33/h3,6-7,12,14,17-18,28H,4-5,8-11,13H2,1-2H3,(H2,24,29)(H,25,31)(H,32,33)/t14-,17?,18+,23?/m1/s1. The molecular weight excluding hydrogens is 444 g/mol. The number of nitrogens with one attached hydrogen (secondary N) is 1. The van der Waals surface area contributed by atoms with Crippen molar-refractivity contribution in [3.8, 4) is 5.75 Å². The van der Waals surface area contributed by atoms with Crippen LogP contribution in [0.4, 0.5) is 4.79 Å². The van der Waals surface area contributed by atoms with Crippen molar-refractivity contribution < 1.29 is 34.1 Å². The van der Waals surface area contributed by atoms with Gasteiger partial charge in [-0.1, -0.05) is 12.1 Å². The van der Waals surface area contributed by atoms with Crippen molar-refractivity contribution in [2.45, 2.75) is 62.8 Å². The highest BCUT2D eigenvalue weighted by Crippen LogP contribution is 2.36. The summed E-state index contributed by atoms with van der Waals surface area (Å²) in [5, 5.41) is 22.0. The van der Waals surface area contributed by atoms with Crippen molar-refractivity contribution in [1.29, 1.82) is 0 Å². The zero-order chi connectivity index (χ0) is 25.0. The lowest BCUT2D eigenvalue weighted by Crippen LogP contribution is -2.64. The first-order valence-electron chi connectivity index (χ1n) is 11.3. The van der Waals surface area contributed by atoms with Crippen molar-refractivity contribution >= 4 is 23.8 Å². The SMILES string of the molecule is COc1cccc(CC2(C(=O)N[C@H](C(N)=O)[C@@H](C)O)CCCN2C(=O)C2CCCN2C(=O)O)c1. The maximum Gasteiger partial charge on any atom is 0.407 e. The van der Waals surface area contributed by atoms with Gasteiger partial charge in [-0.25, -0.2) is 4.79 Å². The molecule has 1 aromatic rings. The predicted octanol–water partition coefficient (Wildman–Crippen LogP) is 0.0922. The second kappa shape index (κ2) is 10.3. The van der Waals surface area contributed by atoms with Crippen LogP contribution in [0.25, 0.3) is 0 Å². The van der Waals surface area contributed by atoms with Gasteiger partial charge in [-0.15, -0.1) is 0 Å². The summed E-state index contributed by atoms with van der Waals surface area (Å²) in [4.78, 5) is 53.4. The number of amides is 4. The van der Waals surface area contributed by atoms with Crippen molar-refractivity contribution in [3.05, 3.63) is 29.8 Å². The molecule has 3 rings (SSSR count). The minimum Gasteiger partial charge on any atom is -0.497 e. The number of methoxy groups -OCH3 is 1. The number of hydrogen-bond donors (Lipinski definition) is 4. The van der Waals surface area contributed by atoms with E-state index in [1.54, 1.807) is 24.3 Å². The summed E-state index contributed by atoms with van der Waals surface area (Å²) < 4.78 is 5.29. The summed E-state index contributed by atoms with van der Waals surface area (Å²) in [7, 11) is 1.52. The van der Waals surface area contributed by atoms with Gasteiger partial charge in [0.25, 0.3) is 0 Å². The third-order valence-corrected chi connectivity index (χ3v) is 6.67. The molecule has 0 bridgehead atoms. The van der Waals surface area contributed by atoms with Gasteiger partial charge in [-0.05, 0) is 50.3 Å². The quantitative estimate of drug-likeness (QED) is 0.413. The van der Waals surface area contributed by atoms with Crippen LogP contribution in [0.2, 0.25) is 0 Å². The summed E-state index contributed by atoms with van der Waals surface area (Å²) in [6, 6.07) is 4.87. The molecule has 0 radical (unpaired) electrons. The molecule has 0 saturated carbocycles. The zero-order valence-electron chi connectivity index (χ0n) is 19.4. The number of likely N-dealkylation sites (tertiary alicyclic amines) is 2. The summed E-state index contributed by atoms with van der Waals surface area (Å²) >= 11 is 0. The molecule has 2 fully saturated rings. The fourth-order valence-electron chi connectivity index (χ4n) is 4.96. The van der Waals surface area contributed by atoms with E-state index in [0.29, 0.717) is 31.4 Å².